The Kier molecular flexibility index (Phi) is 2.33. The van der Waals surface area contributed by atoms with E-state index < -0.39 is 10.3 Å². The summed E-state index contributed by atoms with van der Waals surface area (Å²) in [6, 6.07) is 0. The van der Waals surface area contributed by atoms with E-state index in [0.29, 0.717) is 0 Å². The van der Waals surface area contributed by atoms with Crippen molar-refractivity contribution in [2.24, 2.45) is 0 Å². The zero-order chi connectivity index (χ0) is 3.58. The van der Waals surface area contributed by atoms with Gasteiger partial charge in [0, 0.05) is 0 Å². The zero-order valence-electron chi connectivity index (χ0n) is 2.27. The Balaban J connectivity index is 3.02. The SMILES string of the molecule is C[SH](F)#P. The molecule has 0 saturated carbocycles. The Labute approximate surface area is 29.1 Å². The van der Waals surface area contributed by atoms with Crippen LogP contribution in [-0.2, 0) is 0 Å². The first kappa shape index (κ1) is 4.71. The average molecular weight is 98.1 g/mol. The van der Waals surface area contributed by atoms with Gasteiger partial charge in [0.15, 0.2) is 0 Å². The van der Waals surface area contributed by atoms with Gasteiger partial charge in [-0.3, -0.25) is 0 Å². The molecule has 0 radical (unpaired) electrons. The molecule has 0 aliphatic rings. The summed E-state index contributed by atoms with van der Waals surface area (Å²) in [6.45, 7) is 0. The van der Waals surface area contributed by atoms with Crippen LogP contribution < -0.4 is 0 Å². The number of hydrogen-bond donors (Lipinski definition) is 1. The van der Waals surface area contributed by atoms with Crippen LogP contribution in [0.4, 0.5) is 3.89 Å². The summed E-state index contributed by atoms with van der Waals surface area (Å²) < 4.78 is 10.9. The molecule has 0 aromatic rings. The summed E-state index contributed by atoms with van der Waals surface area (Å²) in [7, 11) is 1.94. The quantitative estimate of drug-likeness (QED) is 0.347. The molecule has 0 fully saturated rings. The van der Waals surface area contributed by atoms with E-state index in [1.165, 1.54) is 6.26 Å². The Bertz CT molecular complexity index is 54.2. The maximum atomic E-state index is 10.9. The monoisotopic (exact) mass is 98.0 g/mol. The molecule has 0 aromatic heterocycles. The Morgan fingerprint density at radius 2 is 2.00 bits per heavy atom. The van der Waals surface area contributed by atoms with E-state index in [2.05, 4.69) is 7.81 Å². The molecule has 1 atom stereocenters. The van der Waals surface area contributed by atoms with Crippen molar-refractivity contribution in [2.75, 3.05) is 6.26 Å². The molecule has 26 valence electrons. The normalized spacial score (nSPS) is 15.2. The van der Waals surface area contributed by atoms with Crippen LogP contribution in [-0.4, -0.2) is 6.26 Å². The Morgan fingerprint density at radius 1 is 2.00 bits per heavy atom. The first-order chi connectivity index (χ1) is 1.73. The molecule has 3 heteroatoms. The van der Waals surface area contributed by atoms with E-state index in [1.54, 1.807) is 0 Å². The molecule has 0 saturated heterocycles. The molecule has 0 heterocycles. The Hall–Kier alpha value is 0.710. The van der Waals surface area contributed by atoms with Crippen molar-refractivity contribution in [1.29, 1.82) is 0 Å². The molecule has 0 bridgehead atoms. The van der Waals surface area contributed by atoms with Crippen LogP contribution in [0.5, 0.6) is 0 Å². The summed E-state index contributed by atoms with van der Waals surface area (Å²) in [5, 5.41) is 0. The minimum atomic E-state index is -1.43. The van der Waals surface area contributed by atoms with Crippen LogP contribution in [0.3, 0.4) is 0 Å². The molecule has 0 nitrogen and oxygen atoms in total. The van der Waals surface area contributed by atoms with Crippen molar-refractivity contribution < 1.29 is 3.89 Å². The molecule has 0 rings (SSSR count). The second-order valence-corrected chi connectivity index (χ2v) is 2.99. The van der Waals surface area contributed by atoms with E-state index >= 15 is 0 Å². The fraction of sp³-hybridized carbons (Fsp3) is 1.00. The van der Waals surface area contributed by atoms with Gasteiger partial charge in [-0.25, -0.2) is 0 Å². The van der Waals surface area contributed by atoms with Gasteiger partial charge in [0.05, 0.1) is 0 Å². The average Bonchev–Trinajstić information content (AvgIpc) is 0.811. The van der Waals surface area contributed by atoms with Crippen LogP contribution in [0.2, 0.25) is 0 Å². The third-order valence-electron chi connectivity index (χ3n) is 0. The molecule has 0 aliphatic carbocycles. The molecule has 0 amide bonds. The van der Waals surface area contributed by atoms with Crippen molar-refractivity contribution >= 4 is 18.1 Å². The van der Waals surface area contributed by atoms with Gasteiger partial charge in [-0.1, -0.05) is 0 Å². The van der Waals surface area contributed by atoms with Gasteiger partial charge in [0.1, 0.15) is 0 Å². The van der Waals surface area contributed by atoms with Crippen LogP contribution >= 0.6 is 18.1 Å². The van der Waals surface area contributed by atoms with Gasteiger partial charge in [-0.15, -0.1) is 0 Å². The molecule has 0 aliphatic heterocycles. The van der Waals surface area contributed by atoms with Crippen molar-refractivity contribution in [3.63, 3.8) is 0 Å². The number of hydrogen-bond acceptors (Lipinski definition) is 0. The topological polar surface area (TPSA) is 0 Å². The minimum absolute atomic E-state index is 1.43. The molecule has 0 aromatic carbocycles. The first-order valence-electron chi connectivity index (χ1n) is 0.816. The Morgan fingerprint density at radius 3 is 2.00 bits per heavy atom. The van der Waals surface area contributed by atoms with E-state index in [-0.39, 0.29) is 0 Å². The number of rotatable bonds is 0. The van der Waals surface area contributed by atoms with Gasteiger partial charge < -0.3 is 0 Å². The van der Waals surface area contributed by atoms with Crippen molar-refractivity contribution in [3.8, 4) is 0 Å². The second-order valence-electron chi connectivity index (χ2n) is 0.445. The summed E-state index contributed by atoms with van der Waals surface area (Å²) in [5.41, 5.74) is 0. The van der Waals surface area contributed by atoms with Crippen LogP contribution in [0.25, 0.3) is 0 Å². The van der Waals surface area contributed by atoms with E-state index in [4.69, 9.17) is 0 Å². The molecule has 4 heavy (non-hydrogen) atoms. The van der Waals surface area contributed by atoms with Gasteiger partial charge in [-0.05, 0) is 0 Å². The number of thiol groups is 1. The molecule has 0 N–H and O–H groups in total. The summed E-state index contributed by atoms with van der Waals surface area (Å²) in [5.74, 6) is 0. The predicted octanol–water partition coefficient (Wildman–Crippen LogP) is 1.83. The summed E-state index contributed by atoms with van der Waals surface area (Å²) in [4.78, 5) is 0. The van der Waals surface area contributed by atoms with Gasteiger partial charge in [-0.2, -0.15) is 0 Å². The summed E-state index contributed by atoms with van der Waals surface area (Å²) in [6.07, 6.45) is 1.43. The predicted molar refractivity (Wildman–Crippen MR) is 22.9 cm³/mol. The van der Waals surface area contributed by atoms with Gasteiger partial charge in [0.25, 0.3) is 0 Å². The number of halogens is 1. The fourth-order valence-corrected chi connectivity index (χ4v) is 0. The zero-order valence-corrected chi connectivity index (χ0v) is 4.06. The first-order valence-corrected chi connectivity index (χ1v) is 3.65. The van der Waals surface area contributed by atoms with Crippen molar-refractivity contribution in [2.45, 2.75) is 0 Å². The van der Waals surface area contributed by atoms with E-state index in [9.17, 15) is 3.89 Å². The summed E-state index contributed by atoms with van der Waals surface area (Å²) >= 11 is 0. The fourth-order valence-electron chi connectivity index (χ4n) is 0. The van der Waals surface area contributed by atoms with Gasteiger partial charge in [0.2, 0.25) is 0 Å². The van der Waals surface area contributed by atoms with E-state index in [1.807, 2.05) is 0 Å². The standard InChI is InChI=1S/CH4FPS/c1-4(2)3/h4H,1H3. The van der Waals surface area contributed by atoms with Crippen LogP contribution in [0, 0.1) is 0 Å². The third kappa shape index (κ3) is 15.7. The molecule has 0 spiro atoms. The second kappa shape index (κ2) is 1.98. The molecular weight excluding hydrogens is 94.1 g/mol. The van der Waals surface area contributed by atoms with Crippen LogP contribution in [0.1, 0.15) is 0 Å². The molecular formula is CH4FPS. The van der Waals surface area contributed by atoms with E-state index in [0.717, 1.165) is 0 Å². The van der Waals surface area contributed by atoms with Crippen molar-refractivity contribution in [1.82, 2.24) is 0 Å². The third-order valence-corrected chi connectivity index (χ3v) is 0. The maximum absolute atomic E-state index is 10.9. The van der Waals surface area contributed by atoms with Crippen molar-refractivity contribution in [3.05, 3.63) is 0 Å². The molecule has 1 unspecified atom stereocenters. The van der Waals surface area contributed by atoms with Crippen LogP contribution in [0.15, 0.2) is 0 Å². The van der Waals surface area contributed by atoms with Gasteiger partial charge >= 0.3 is 28.2 Å².